The molecule has 2 amide bonds. The summed E-state index contributed by atoms with van der Waals surface area (Å²) in [6.45, 7) is 2.44. The third kappa shape index (κ3) is 7.37. The van der Waals surface area contributed by atoms with E-state index in [1.165, 1.54) is 11.8 Å². The summed E-state index contributed by atoms with van der Waals surface area (Å²) >= 11 is 7.49. The van der Waals surface area contributed by atoms with Crippen LogP contribution in [0.2, 0.25) is 5.02 Å². The minimum atomic E-state index is -0.592. The number of rotatable bonds is 10. The Bertz CT molecular complexity index is 1150. The van der Waals surface area contributed by atoms with Crippen LogP contribution in [-0.2, 0) is 22.6 Å². The van der Waals surface area contributed by atoms with Crippen molar-refractivity contribution in [2.75, 3.05) is 5.75 Å². The molecule has 1 saturated carbocycles. The Kier molecular flexibility index (Phi) is 9.48. The van der Waals surface area contributed by atoms with E-state index < -0.39 is 6.04 Å². The van der Waals surface area contributed by atoms with Gasteiger partial charge in [0.2, 0.25) is 11.8 Å². The molecule has 1 fully saturated rings. The second kappa shape index (κ2) is 13.0. The molecule has 1 aliphatic rings. The predicted octanol–water partition coefficient (Wildman–Crippen LogP) is 6.44. The highest BCUT2D eigenvalue weighted by Crippen LogP contribution is 2.24. The van der Waals surface area contributed by atoms with Crippen LogP contribution in [0.1, 0.15) is 42.4 Å². The Balaban J connectivity index is 1.61. The molecule has 3 aromatic carbocycles. The van der Waals surface area contributed by atoms with Crippen LogP contribution >= 0.6 is 23.4 Å². The van der Waals surface area contributed by atoms with Gasteiger partial charge in [0.05, 0.1) is 5.75 Å². The SMILES string of the molecule is Cc1ccccc1CN(C(=O)CSc1ccc(Cl)cc1)[C@H](Cc1ccccc1)C(=O)NC1CCCC1. The third-order valence-corrected chi connectivity index (χ3v) is 8.00. The van der Waals surface area contributed by atoms with E-state index in [1.54, 1.807) is 4.90 Å². The van der Waals surface area contributed by atoms with Crippen LogP contribution in [0, 0.1) is 6.92 Å². The Morgan fingerprint density at radius 1 is 0.972 bits per heavy atom. The summed E-state index contributed by atoms with van der Waals surface area (Å²) in [7, 11) is 0. The Morgan fingerprint density at radius 3 is 2.33 bits per heavy atom. The van der Waals surface area contributed by atoms with Gasteiger partial charge in [-0.1, -0.05) is 79.0 Å². The van der Waals surface area contributed by atoms with E-state index in [4.69, 9.17) is 11.6 Å². The van der Waals surface area contributed by atoms with Gasteiger partial charge < -0.3 is 10.2 Å². The van der Waals surface area contributed by atoms with E-state index in [1.807, 2.05) is 85.8 Å². The van der Waals surface area contributed by atoms with Gasteiger partial charge in [-0.25, -0.2) is 0 Å². The van der Waals surface area contributed by atoms with Crippen LogP contribution in [0.5, 0.6) is 0 Å². The van der Waals surface area contributed by atoms with Gasteiger partial charge >= 0.3 is 0 Å². The number of benzene rings is 3. The first kappa shape index (κ1) is 26.3. The van der Waals surface area contributed by atoms with Gasteiger partial charge in [-0.15, -0.1) is 11.8 Å². The highest BCUT2D eigenvalue weighted by atomic mass is 35.5. The molecule has 4 rings (SSSR count). The monoisotopic (exact) mass is 520 g/mol. The fourth-order valence-corrected chi connectivity index (χ4v) is 5.56. The van der Waals surface area contributed by atoms with E-state index >= 15 is 0 Å². The molecule has 4 nitrogen and oxygen atoms in total. The standard InChI is InChI=1S/C30H33ClN2O2S/c1-22-9-5-6-12-24(22)20-33(29(34)21-36-27-17-15-25(31)16-18-27)28(19-23-10-3-2-4-11-23)30(35)32-26-13-7-8-14-26/h2-6,9-12,15-18,26,28H,7-8,13-14,19-21H2,1H3,(H,32,35)/t28-/m1/s1. The number of hydrogen-bond acceptors (Lipinski definition) is 3. The Hall–Kier alpha value is -2.76. The van der Waals surface area contributed by atoms with Crippen LogP contribution in [0.15, 0.2) is 83.8 Å². The van der Waals surface area contributed by atoms with Crippen LogP contribution in [0.3, 0.4) is 0 Å². The highest BCUT2D eigenvalue weighted by molar-refractivity contribution is 8.00. The summed E-state index contributed by atoms with van der Waals surface area (Å²) in [5, 5.41) is 3.93. The first-order chi connectivity index (χ1) is 17.5. The van der Waals surface area contributed by atoms with Crippen LogP contribution in [0.4, 0.5) is 0 Å². The van der Waals surface area contributed by atoms with E-state index in [9.17, 15) is 9.59 Å². The lowest BCUT2D eigenvalue weighted by atomic mass is 10.0. The third-order valence-electron chi connectivity index (χ3n) is 6.75. The number of amides is 2. The molecular weight excluding hydrogens is 488 g/mol. The lowest BCUT2D eigenvalue weighted by Crippen LogP contribution is -2.52. The van der Waals surface area contributed by atoms with E-state index in [2.05, 4.69) is 5.32 Å². The number of hydrogen-bond donors (Lipinski definition) is 1. The average molecular weight is 521 g/mol. The van der Waals surface area contributed by atoms with Crippen molar-refractivity contribution >= 4 is 35.2 Å². The molecule has 1 aliphatic carbocycles. The van der Waals surface area contributed by atoms with Gasteiger partial charge in [0.25, 0.3) is 0 Å². The molecule has 0 unspecified atom stereocenters. The molecule has 6 heteroatoms. The number of aryl methyl sites for hydroxylation is 1. The van der Waals surface area contributed by atoms with Crippen LogP contribution in [0.25, 0.3) is 0 Å². The number of nitrogens with zero attached hydrogens (tertiary/aromatic N) is 1. The van der Waals surface area contributed by atoms with Crippen LogP contribution in [-0.4, -0.2) is 34.6 Å². The maximum absolute atomic E-state index is 13.8. The van der Waals surface area contributed by atoms with Crippen LogP contribution < -0.4 is 5.32 Å². The van der Waals surface area contributed by atoms with Gasteiger partial charge in [0, 0.05) is 28.9 Å². The largest absolute Gasteiger partial charge is 0.352 e. The summed E-state index contributed by atoms with van der Waals surface area (Å²) in [6, 6.07) is 25.1. The first-order valence-corrected chi connectivity index (χ1v) is 13.9. The van der Waals surface area contributed by atoms with Crippen molar-refractivity contribution in [2.24, 2.45) is 0 Å². The van der Waals surface area contributed by atoms with Crippen molar-refractivity contribution < 1.29 is 9.59 Å². The quantitative estimate of drug-likeness (QED) is 0.313. The molecule has 3 aromatic rings. The van der Waals surface area contributed by atoms with Crippen molar-refractivity contribution in [3.63, 3.8) is 0 Å². The number of carbonyl (C=O) groups excluding carboxylic acids is 2. The van der Waals surface area contributed by atoms with Gasteiger partial charge in [-0.2, -0.15) is 0 Å². The second-order valence-corrected chi connectivity index (χ2v) is 10.9. The fourth-order valence-electron chi connectivity index (χ4n) is 4.65. The van der Waals surface area contributed by atoms with E-state index in [0.717, 1.165) is 47.3 Å². The zero-order chi connectivity index (χ0) is 25.3. The summed E-state index contributed by atoms with van der Waals surface area (Å²) in [6.07, 6.45) is 4.75. The maximum Gasteiger partial charge on any atom is 0.243 e. The molecule has 1 atom stereocenters. The summed E-state index contributed by atoms with van der Waals surface area (Å²) < 4.78 is 0. The lowest BCUT2D eigenvalue weighted by Gasteiger charge is -2.32. The normalized spacial score (nSPS) is 14.4. The Labute approximate surface area is 223 Å². The first-order valence-electron chi connectivity index (χ1n) is 12.6. The number of thioether (sulfide) groups is 1. The van der Waals surface area contributed by atoms with Crippen molar-refractivity contribution in [1.82, 2.24) is 10.2 Å². The molecule has 0 heterocycles. The zero-order valence-corrected chi connectivity index (χ0v) is 22.2. The molecule has 0 saturated heterocycles. The smallest absolute Gasteiger partial charge is 0.243 e. The summed E-state index contributed by atoms with van der Waals surface area (Å²) in [5.74, 6) is 0.125. The number of halogens is 1. The molecule has 0 spiro atoms. The molecule has 0 aliphatic heterocycles. The fraction of sp³-hybridized carbons (Fsp3) is 0.333. The van der Waals surface area contributed by atoms with Crippen molar-refractivity contribution in [3.05, 3.63) is 101 Å². The minimum Gasteiger partial charge on any atom is -0.352 e. The highest BCUT2D eigenvalue weighted by Gasteiger charge is 2.32. The molecule has 0 bridgehead atoms. The van der Waals surface area contributed by atoms with Gasteiger partial charge in [-0.05, 0) is 60.7 Å². The molecule has 0 aromatic heterocycles. The lowest BCUT2D eigenvalue weighted by molar-refractivity contribution is -0.139. The van der Waals surface area contributed by atoms with E-state index in [0.29, 0.717) is 18.0 Å². The van der Waals surface area contributed by atoms with Crippen molar-refractivity contribution in [2.45, 2.75) is 62.6 Å². The van der Waals surface area contributed by atoms with Crippen molar-refractivity contribution in [3.8, 4) is 0 Å². The number of nitrogens with one attached hydrogen (secondary N) is 1. The minimum absolute atomic E-state index is 0.0549. The van der Waals surface area contributed by atoms with Gasteiger partial charge in [0.1, 0.15) is 6.04 Å². The van der Waals surface area contributed by atoms with Gasteiger partial charge in [-0.3, -0.25) is 9.59 Å². The molecule has 1 N–H and O–H groups in total. The summed E-state index contributed by atoms with van der Waals surface area (Å²) in [4.78, 5) is 30.2. The summed E-state index contributed by atoms with van der Waals surface area (Å²) in [5.41, 5.74) is 3.20. The van der Waals surface area contributed by atoms with E-state index in [-0.39, 0.29) is 23.6 Å². The predicted molar refractivity (Wildman–Crippen MR) is 148 cm³/mol. The Morgan fingerprint density at radius 2 is 1.64 bits per heavy atom. The van der Waals surface area contributed by atoms with Crippen molar-refractivity contribution in [1.29, 1.82) is 0 Å². The number of carbonyl (C=O) groups is 2. The molecular formula is C30H33ClN2O2S. The average Bonchev–Trinajstić information content (AvgIpc) is 3.40. The van der Waals surface area contributed by atoms with Gasteiger partial charge in [0.15, 0.2) is 0 Å². The maximum atomic E-state index is 13.8. The topological polar surface area (TPSA) is 49.4 Å². The second-order valence-electron chi connectivity index (χ2n) is 9.39. The molecule has 0 radical (unpaired) electrons. The zero-order valence-electron chi connectivity index (χ0n) is 20.7. The molecule has 36 heavy (non-hydrogen) atoms. The molecule has 188 valence electrons.